The second-order valence-corrected chi connectivity index (χ2v) is 6.29. The van der Waals surface area contributed by atoms with E-state index in [4.69, 9.17) is 10.8 Å². The number of halogens is 1. The van der Waals surface area contributed by atoms with Crippen LogP contribution in [0.3, 0.4) is 0 Å². The van der Waals surface area contributed by atoms with Crippen LogP contribution >= 0.6 is 15.9 Å². The van der Waals surface area contributed by atoms with E-state index in [0.29, 0.717) is 13.0 Å². The Hall–Kier alpha value is -1.44. The highest BCUT2D eigenvalue weighted by atomic mass is 79.9. The standard InChI is InChI=1S/C14H18BrN3O3/c1-9-6-10(2-3-11(9)15)17-12(19)7-18-5-4-14(16,8-18)13(20)21/h2-3,6H,4-5,7-8,16H2,1H3,(H,17,19)(H,20,21). The maximum absolute atomic E-state index is 12.0. The highest BCUT2D eigenvalue weighted by Gasteiger charge is 2.41. The van der Waals surface area contributed by atoms with Gasteiger partial charge in [0, 0.05) is 23.2 Å². The molecule has 0 saturated carbocycles. The van der Waals surface area contributed by atoms with E-state index in [2.05, 4.69) is 21.2 Å². The molecule has 2 rings (SSSR count). The Balaban J connectivity index is 1.91. The van der Waals surface area contributed by atoms with E-state index in [1.165, 1.54) is 0 Å². The zero-order valence-corrected chi connectivity index (χ0v) is 13.3. The van der Waals surface area contributed by atoms with Crippen LogP contribution in [0.2, 0.25) is 0 Å². The minimum atomic E-state index is -1.24. The minimum absolute atomic E-state index is 0.140. The number of aryl methyl sites for hydroxylation is 1. The number of benzene rings is 1. The lowest BCUT2D eigenvalue weighted by Crippen LogP contribution is -2.50. The van der Waals surface area contributed by atoms with Crippen molar-refractivity contribution >= 4 is 33.5 Å². The molecular weight excluding hydrogens is 338 g/mol. The van der Waals surface area contributed by atoms with Crippen LogP contribution < -0.4 is 11.1 Å². The monoisotopic (exact) mass is 355 g/mol. The summed E-state index contributed by atoms with van der Waals surface area (Å²) >= 11 is 3.40. The molecule has 1 atom stereocenters. The first kappa shape index (κ1) is 15.9. The minimum Gasteiger partial charge on any atom is -0.480 e. The quantitative estimate of drug-likeness (QED) is 0.753. The smallest absolute Gasteiger partial charge is 0.325 e. The van der Waals surface area contributed by atoms with Gasteiger partial charge in [-0.15, -0.1) is 0 Å². The van der Waals surface area contributed by atoms with Crippen molar-refractivity contribution in [3.63, 3.8) is 0 Å². The number of hydrogen-bond donors (Lipinski definition) is 3. The molecule has 1 saturated heterocycles. The number of hydrogen-bond acceptors (Lipinski definition) is 4. The maximum atomic E-state index is 12.0. The first-order chi connectivity index (χ1) is 9.80. The van der Waals surface area contributed by atoms with Crippen LogP contribution in [0.5, 0.6) is 0 Å². The van der Waals surface area contributed by atoms with Gasteiger partial charge >= 0.3 is 5.97 Å². The predicted molar refractivity (Wildman–Crippen MR) is 83.1 cm³/mol. The number of aliphatic carboxylic acids is 1. The van der Waals surface area contributed by atoms with Crippen LogP contribution in [0.4, 0.5) is 5.69 Å². The van der Waals surface area contributed by atoms with Gasteiger partial charge in [-0.1, -0.05) is 15.9 Å². The van der Waals surface area contributed by atoms with Crippen molar-refractivity contribution in [2.75, 3.05) is 25.0 Å². The van der Waals surface area contributed by atoms with Crippen molar-refractivity contribution in [2.45, 2.75) is 18.9 Å². The summed E-state index contributed by atoms with van der Waals surface area (Å²) in [5.41, 5.74) is 6.29. The van der Waals surface area contributed by atoms with Gasteiger partial charge in [-0.25, -0.2) is 0 Å². The summed E-state index contributed by atoms with van der Waals surface area (Å²) in [6.07, 6.45) is 0.354. The molecule has 0 bridgehead atoms. The lowest BCUT2D eigenvalue weighted by atomic mass is 10.0. The van der Waals surface area contributed by atoms with Crippen molar-refractivity contribution in [3.8, 4) is 0 Å². The largest absolute Gasteiger partial charge is 0.480 e. The summed E-state index contributed by atoms with van der Waals surface area (Å²) in [5.74, 6) is -1.19. The normalized spacial score (nSPS) is 22.2. The first-order valence-electron chi connectivity index (χ1n) is 6.61. The number of carboxylic acid groups (broad SMARTS) is 1. The lowest BCUT2D eigenvalue weighted by molar-refractivity contribution is -0.143. The summed E-state index contributed by atoms with van der Waals surface area (Å²) < 4.78 is 0.981. The van der Waals surface area contributed by atoms with Gasteiger partial charge in [0.15, 0.2) is 0 Å². The van der Waals surface area contributed by atoms with Crippen LogP contribution in [0.25, 0.3) is 0 Å². The van der Waals surface area contributed by atoms with Gasteiger partial charge in [0.05, 0.1) is 6.54 Å². The Morgan fingerprint density at radius 2 is 2.24 bits per heavy atom. The number of nitrogens with one attached hydrogen (secondary N) is 1. The third-order valence-corrected chi connectivity index (χ3v) is 4.50. The molecule has 4 N–H and O–H groups in total. The average Bonchev–Trinajstić information content (AvgIpc) is 2.77. The number of amides is 1. The number of carbonyl (C=O) groups is 2. The molecule has 1 aromatic rings. The molecule has 1 aromatic carbocycles. The maximum Gasteiger partial charge on any atom is 0.325 e. The van der Waals surface area contributed by atoms with Crippen LogP contribution in [-0.2, 0) is 9.59 Å². The summed E-state index contributed by atoms with van der Waals surface area (Å²) in [5, 5.41) is 11.9. The summed E-state index contributed by atoms with van der Waals surface area (Å²) in [4.78, 5) is 24.8. The highest BCUT2D eigenvalue weighted by molar-refractivity contribution is 9.10. The molecule has 7 heteroatoms. The number of anilines is 1. The second-order valence-electron chi connectivity index (χ2n) is 5.43. The predicted octanol–water partition coefficient (Wildman–Crippen LogP) is 1.18. The lowest BCUT2D eigenvalue weighted by Gasteiger charge is -2.19. The van der Waals surface area contributed by atoms with Crippen molar-refractivity contribution < 1.29 is 14.7 Å². The number of carboxylic acids is 1. The molecule has 0 aliphatic carbocycles. The Bertz CT molecular complexity index is 579. The Labute approximate surface area is 131 Å². The Morgan fingerprint density at radius 3 is 2.81 bits per heavy atom. The number of carbonyl (C=O) groups excluding carboxylic acids is 1. The molecule has 1 aliphatic heterocycles. The van der Waals surface area contributed by atoms with Gasteiger partial charge in [-0.05, 0) is 37.1 Å². The molecule has 1 amide bonds. The third kappa shape index (κ3) is 3.81. The number of likely N-dealkylation sites (tertiary alicyclic amines) is 1. The van der Waals surface area contributed by atoms with E-state index in [1.54, 1.807) is 4.90 Å². The van der Waals surface area contributed by atoms with Gasteiger partial charge < -0.3 is 16.2 Å². The van der Waals surface area contributed by atoms with Crippen LogP contribution in [0, 0.1) is 6.92 Å². The van der Waals surface area contributed by atoms with E-state index in [0.717, 1.165) is 15.7 Å². The first-order valence-corrected chi connectivity index (χ1v) is 7.40. The van der Waals surface area contributed by atoms with Gasteiger partial charge in [-0.3, -0.25) is 14.5 Å². The summed E-state index contributed by atoms with van der Waals surface area (Å²) in [6.45, 7) is 2.78. The highest BCUT2D eigenvalue weighted by Crippen LogP contribution is 2.21. The van der Waals surface area contributed by atoms with Crippen molar-refractivity contribution in [2.24, 2.45) is 5.73 Å². The van der Waals surface area contributed by atoms with E-state index >= 15 is 0 Å². The summed E-state index contributed by atoms with van der Waals surface area (Å²) in [7, 11) is 0. The van der Waals surface area contributed by atoms with Gasteiger partial charge in [-0.2, -0.15) is 0 Å². The number of rotatable bonds is 4. The molecule has 1 unspecified atom stereocenters. The Kier molecular flexibility index (Phi) is 4.65. The van der Waals surface area contributed by atoms with Crippen LogP contribution in [0.15, 0.2) is 22.7 Å². The van der Waals surface area contributed by atoms with Crippen molar-refractivity contribution in [1.82, 2.24) is 4.90 Å². The Morgan fingerprint density at radius 1 is 1.52 bits per heavy atom. The molecule has 1 fully saturated rings. The van der Waals surface area contributed by atoms with Crippen molar-refractivity contribution in [1.29, 1.82) is 0 Å². The number of nitrogens with two attached hydrogens (primary N) is 1. The molecule has 6 nitrogen and oxygen atoms in total. The molecule has 114 valence electrons. The molecule has 21 heavy (non-hydrogen) atoms. The number of nitrogens with zero attached hydrogens (tertiary/aromatic N) is 1. The molecule has 0 radical (unpaired) electrons. The molecular formula is C14H18BrN3O3. The third-order valence-electron chi connectivity index (χ3n) is 3.61. The average molecular weight is 356 g/mol. The topological polar surface area (TPSA) is 95.7 Å². The fourth-order valence-corrected chi connectivity index (χ4v) is 2.60. The van der Waals surface area contributed by atoms with E-state index in [9.17, 15) is 9.59 Å². The molecule has 1 heterocycles. The van der Waals surface area contributed by atoms with Gasteiger partial charge in [0.1, 0.15) is 5.54 Å². The zero-order chi connectivity index (χ0) is 15.6. The van der Waals surface area contributed by atoms with Crippen LogP contribution in [-0.4, -0.2) is 47.1 Å². The second kappa shape index (κ2) is 6.13. The van der Waals surface area contributed by atoms with Crippen LogP contribution in [0.1, 0.15) is 12.0 Å². The van der Waals surface area contributed by atoms with Gasteiger partial charge in [0.2, 0.25) is 5.91 Å². The summed E-state index contributed by atoms with van der Waals surface area (Å²) in [6, 6.07) is 5.55. The SMILES string of the molecule is Cc1cc(NC(=O)CN2CCC(N)(C(=O)O)C2)ccc1Br. The van der Waals surface area contributed by atoms with E-state index in [-0.39, 0.29) is 19.0 Å². The molecule has 0 aromatic heterocycles. The fourth-order valence-electron chi connectivity index (χ4n) is 2.35. The van der Waals surface area contributed by atoms with Crippen molar-refractivity contribution in [3.05, 3.63) is 28.2 Å². The van der Waals surface area contributed by atoms with E-state index in [1.807, 2.05) is 25.1 Å². The zero-order valence-electron chi connectivity index (χ0n) is 11.7. The van der Waals surface area contributed by atoms with E-state index < -0.39 is 11.5 Å². The molecule has 1 aliphatic rings. The fraction of sp³-hybridized carbons (Fsp3) is 0.429. The van der Waals surface area contributed by atoms with Gasteiger partial charge in [0.25, 0.3) is 0 Å². The molecule has 0 spiro atoms.